The van der Waals surface area contributed by atoms with Crippen molar-refractivity contribution < 1.29 is 45.4 Å². The summed E-state index contributed by atoms with van der Waals surface area (Å²) in [6.45, 7) is 5.87. The van der Waals surface area contributed by atoms with Crippen molar-refractivity contribution in [1.82, 2.24) is 9.88 Å². The summed E-state index contributed by atoms with van der Waals surface area (Å²) < 4.78 is 91.6. The Hall–Kier alpha value is -3.22. The second kappa shape index (κ2) is 12.1. The van der Waals surface area contributed by atoms with Gasteiger partial charge in [0, 0.05) is 20.0 Å². The molecule has 0 saturated carbocycles. The molecule has 220 valence electrons. The summed E-state index contributed by atoms with van der Waals surface area (Å²) in [6.07, 6.45) is -10.8. The average Bonchev–Trinajstić information content (AvgIpc) is 3.00. The van der Waals surface area contributed by atoms with Crippen LogP contribution in [0.15, 0.2) is 24.3 Å². The Labute approximate surface area is 232 Å². The van der Waals surface area contributed by atoms with E-state index in [0.29, 0.717) is 18.6 Å². The van der Waals surface area contributed by atoms with E-state index in [1.54, 1.807) is 20.8 Å². The molecule has 1 aromatic carbocycles. The summed E-state index contributed by atoms with van der Waals surface area (Å²) in [5.41, 5.74) is -3.03. The van der Waals surface area contributed by atoms with Crippen LogP contribution in [0.3, 0.4) is 0 Å². The van der Waals surface area contributed by atoms with Crippen LogP contribution in [-0.4, -0.2) is 41.1 Å². The molecule has 7 nitrogen and oxygen atoms in total. The standard InChI is InChI=1S/C26H28ClF6N3O4/c1-5-39-23-19(27)12-21-22(34-23)20(7-6-8-35(21)24(38)40-14(2)3)36(15(4)37)13-16-9-17(25(28,29)30)11-18(10-16)26(31,32)33/h9-12,14,20H,5-8,13H2,1-4H3. The molecule has 14 heteroatoms. The number of carbonyl (C=O) groups is 2. The second-order valence-corrected chi connectivity index (χ2v) is 9.82. The molecule has 40 heavy (non-hydrogen) atoms. The number of pyridine rings is 1. The van der Waals surface area contributed by atoms with Crippen molar-refractivity contribution in [3.63, 3.8) is 0 Å². The Morgan fingerprint density at radius 2 is 1.70 bits per heavy atom. The van der Waals surface area contributed by atoms with Crippen molar-refractivity contribution in [3.8, 4) is 5.88 Å². The molecule has 1 unspecified atom stereocenters. The molecular weight excluding hydrogens is 568 g/mol. The molecule has 1 aliphatic rings. The third kappa shape index (κ3) is 7.29. The zero-order chi connectivity index (χ0) is 30.0. The monoisotopic (exact) mass is 595 g/mol. The Kier molecular flexibility index (Phi) is 9.48. The number of aromatic nitrogens is 1. The van der Waals surface area contributed by atoms with Crippen molar-refractivity contribution in [1.29, 1.82) is 0 Å². The van der Waals surface area contributed by atoms with Crippen LogP contribution in [0.1, 0.15) is 69.0 Å². The largest absolute Gasteiger partial charge is 0.477 e. The van der Waals surface area contributed by atoms with Gasteiger partial charge >= 0.3 is 18.4 Å². The van der Waals surface area contributed by atoms with Gasteiger partial charge in [-0.2, -0.15) is 26.3 Å². The quantitative estimate of drug-likeness (QED) is 0.325. The first-order valence-corrected chi connectivity index (χ1v) is 12.8. The normalized spacial score (nSPS) is 15.9. The van der Waals surface area contributed by atoms with E-state index >= 15 is 0 Å². The van der Waals surface area contributed by atoms with Gasteiger partial charge in [-0.1, -0.05) is 11.6 Å². The number of alkyl halides is 6. The number of fused-ring (bicyclic) bond motifs is 1. The van der Waals surface area contributed by atoms with E-state index in [1.165, 1.54) is 11.0 Å². The van der Waals surface area contributed by atoms with Crippen LogP contribution >= 0.6 is 11.6 Å². The molecule has 0 spiro atoms. The fourth-order valence-electron chi connectivity index (χ4n) is 4.38. The minimum Gasteiger partial charge on any atom is -0.477 e. The molecule has 2 aromatic rings. The van der Waals surface area contributed by atoms with Gasteiger partial charge in [-0.05, 0) is 63.4 Å². The van der Waals surface area contributed by atoms with Crippen LogP contribution < -0.4 is 9.64 Å². The van der Waals surface area contributed by atoms with Gasteiger partial charge in [0.1, 0.15) is 5.02 Å². The lowest BCUT2D eigenvalue weighted by atomic mass is 10.0. The average molecular weight is 596 g/mol. The predicted molar refractivity (Wildman–Crippen MR) is 134 cm³/mol. The molecule has 0 radical (unpaired) electrons. The van der Waals surface area contributed by atoms with Gasteiger partial charge in [-0.3, -0.25) is 9.69 Å². The highest BCUT2D eigenvalue weighted by atomic mass is 35.5. The molecule has 0 bridgehead atoms. The summed E-state index contributed by atoms with van der Waals surface area (Å²) >= 11 is 6.35. The Bertz CT molecular complexity index is 1220. The molecule has 2 amide bonds. The molecule has 0 aliphatic carbocycles. The number of amides is 2. The zero-order valence-electron chi connectivity index (χ0n) is 22.1. The third-order valence-corrected chi connectivity index (χ3v) is 6.31. The molecule has 1 aliphatic heterocycles. The van der Waals surface area contributed by atoms with Crippen molar-refractivity contribution >= 4 is 29.3 Å². The molecule has 1 aromatic heterocycles. The van der Waals surface area contributed by atoms with Crippen LogP contribution in [0.2, 0.25) is 5.02 Å². The van der Waals surface area contributed by atoms with Crippen LogP contribution in [-0.2, 0) is 28.4 Å². The first-order valence-electron chi connectivity index (χ1n) is 12.4. The van der Waals surface area contributed by atoms with E-state index in [-0.39, 0.29) is 53.5 Å². The lowest BCUT2D eigenvalue weighted by Crippen LogP contribution is -2.35. The van der Waals surface area contributed by atoms with Crippen molar-refractivity contribution in [3.05, 3.63) is 51.7 Å². The highest BCUT2D eigenvalue weighted by Gasteiger charge is 2.38. The van der Waals surface area contributed by atoms with Crippen LogP contribution in [0, 0.1) is 0 Å². The first-order chi connectivity index (χ1) is 18.5. The smallest absolute Gasteiger partial charge is 0.416 e. The van der Waals surface area contributed by atoms with Crippen molar-refractivity contribution in [2.75, 3.05) is 18.1 Å². The van der Waals surface area contributed by atoms with Crippen molar-refractivity contribution in [2.24, 2.45) is 0 Å². The molecule has 0 saturated heterocycles. The maximum atomic E-state index is 13.5. The van der Waals surface area contributed by atoms with Gasteiger partial charge in [0.2, 0.25) is 11.8 Å². The summed E-state index contributed by atoms with van der Waals surface area (Å²) in [6, 6.07) is 1.66. The van der Waals surface area contributed by atoms with Gasteiger partial charge < -0.3 is 14.4 Å². The Morgan fingerprint density at radius 1 is 1.10 bits per heavy atom. The number of nitrogens with zero attached hydrogens (tertiary/aromatic N) is 3. The number of hydrogen-bond donors (Lipinski definition) is 0. The number of benzene rings is 1. The van der Waals surface area contributed by atoms with Gasteiger partial charge in [0.05, 0.1) is 41.3 Å². The van der Waals surface area contributed by atoms with Crippen molar-refractivity contribution in [2.45, 2.75) is 71.6 Å². The molecule has 0 N–H and O–H groups in total. The topological polar surface area (TPSA) is 72.0 Å². The van der Waals surface area contributed by atoms with Crippen LogP contribution in [0.5, 0.6) is 5.88 Å². The number of halogens is 7. The van der Waals surface area contributed by atoms with E-state index in [2.05, 4.69) is 4.98 Å². The molecular formula is C26H28ClF6N3O4. The highest BCUT2D eigenvalue weighted by molar-refractivity contribution is 6.32. The lowest BCUT2D eigenvalue weighted by molar-refractivity contribution is -0.143. The van der Waals surface area contributed by atoms with E-state index in [1.807, 2.05) is 0 Å². The number of ether oxygens (including phenoxy) is 2. The second-order valence-electron chi connectivity index (χ2n) is 9.42. The summed E-state index contributed by atoms with van der Waals surface area (Å²) in [5, 5.41) is 0.0608. The van der Waals surface area contributed by atoms with E-state index in [9.17, 15) is 35.9 Å². The van der Waals surface area contributed by atoms with E-state index in [0.717, 1.165) is 11.8 Å². The number of hydrogen-bond acceptors (Lipinski definition) is 5. The highest BCUT2D eigenvalue weighted by Crippen LogP contribution is 2.42. The Morgan fingerprint density at radius 3 is 2.20 bits per heavy atom. The van der Waals surface area contributed by atoms with Gasteiger partial charge in [0.15, 0.2) is 0 Å². The molecule has 3 rings (SSSR count). The van der Waals surface area contributed by atoms with Gasteiger partial charge in [0.25, 0.3) is 0 Å². The van der Waals surface area contributed by atoms with Crippen LogP contribution in [0.25, 0.3) is 0 Å². The molecule has 2 heterocycles. The fourth-order valence-corrected chi connectivity index (χ4v) is 4.58. The van der Waals surface area contributed by atoms with E-state index < -0.39 is 54.2 Å². The van der Waals surface area contributed by atoms with Crippen LogP contribution in [0.4, 0.5) is 36.8 Å². The number of carbonyl (C=O) groups excluding carboxylic acids is 2. The van der Waals surface area contributed by atoms with E-state index in [4.69, 9.17) is 21.1 Å². The summed E-state index contributed by atoms with van der Waals surface area (Å²) in [7, 11) is 0. The predicted octanol–water partition coefficient (Wildman–Crippen LogP) is 7.41. The lowest BCUT2D eigenvalue weighted by Gasteiger charge is -2.32. The third-order valence-electron chi connectivity index (χ3n) is 6.04. The maximum absolute atomic E-state index is 13.5. The molecule has 1 atom stereocenters. The summed E-state index contributed by atoms with van der Waals surface area (Å²) in [4.78, 5) is 32.7. The maximum Gasteiger partial charge on any atom is 0.416 e. The van der Waals surface area contributed by atoms with Gasteiger partial charge in [-0.25, -0.2) is 9.78 Å². The number of rotatable bonds is 6. The van der Waals surface area contributed by atoms with Gasteiger partial charge in [-0.15, -0.1) is 0 Å². The minimum atomic E-state index is -5.05. The molecule has 0 fully saturated rings. The first kappa shape index (κ1) is 31.3. The minimum absolute atomic E-state index is 0.00563. The zero-order valence-corrected chi connectivity index (χ0v) is 22.9. The number of anilines is 1. The summed E-state index contributed by atoms with van der Waals surface area (Å²) in [5.74, 6) is -0.635. The Balaban J connectivity index is 2.15. The fraction of sp³-hybridized carbons (Fsp3) is 0.500. The SMILES string of the molecule is CCOc1nc2c(cc1Cl)N(C(=O)OC(C)C)CCCC2N(Cc1cc(C(F)(F)F)cc(C(F)(F)F)c1)C(C)=O.